The number of para-hydroxylation sites is 1. The monoisotopic (exact) mass is 404 g/mol. The van der Waals surface area contributed by atoms with Gasteiger partial charge >= 0.3 is 0 Å². The highest BCUT2D eigenvalue weighted by atomic mass is 16.2. The molecule has 0 saturated carbocycles. The quantitative estimate of drug-likeness (QED) is 0.384. The topological polar surface area (TPSA) is 51.1 Å². The van der Waals surface area contributed by atoms with Crippen LogP contribution in [0.1, 0.15) is 15.9 Å². The summed E-state index contributed by atoms with van der Waals surface area (Å²) in [5.74, 6) is -0.194. The van der Waals surface area contributed by atoms with E-state index in [9.17, 15) is 9.59 Å². The zero-order valence-corrected chi connectivity index (χ0v) is 16.8. The fourth-order valence-electron chi connectivity index (χ4n) is 3.93. The Kier molecular flexibility index (Phi) is 4.81. The molecule has 0 saturated heterocycles. The third kappa shape index (κ3) is 3.71. The summed E-state index contributed by atoms with van der Waals surface area (Å²) in [4.78, 5) is 25.9. The van der Waals surface area contributed by atoms with Crippen molar-refractivity contribution < 1.29 is 9.59 Å². The number of aromatic nitrogens is 1. The van der Waals surface area contributed by atoms with E-state index in [-0.39, 0.29) is 18.2 Å². The van der Waals surface area contributed by atoms with Gasteiger partial charge in [-0.1, -0.05) is 78.9 Å². The molecule has 1 amide bonds. The average Bonchev–Trinajstić information content (AvgIpc) is 3.17. The van der Waals surface area contributed by atoms with Gasteiger partial charge in [-0.05, 0) is 29.0 Å². The Morgan fingerprint density at radius 1 is 0.742 bits per heavy atom. The van der Waals surface area contributed by atoms with Gasteiger partial charge in [0.2, 0.25) is 5.91 Å². The predicted molar refractivity (Wildman–Crippen MR) is 124 cm³/mol. The van der Waals surface area contributed by atoms with Crippen molar-refractivity contribution in [2.24, 2.45) is 0 Å². The molecule has 0 aliphatic heterocycles. The number of hydrogen-bond donors (Lipinski definition) is 1. The van der Waals surface area contributed by atoms with E-state index in [4.69, 9.17) is 0 Å². The van der Waals surface area contributed by atoms with Crippen LogP contribution >= 0.6 is 0 Å². The smallest absolute Gasteiger partial charge is 0.244 e. The minimum Gasteiger partial charge on any atom is -0.337 e. The highest BCUT2D eigenvalue weighted by molar-refractivity contribution is 6.16. The van der Waals surface area contributed by atoms with Crippen molar-refractivity contribution in [1.82, 2.24) is 4.57 Å². The van der Waals surface area contributed by atoms with Crippen molar-refractivity contribution in [1.29, 1.82) is 0 Å². The van der Waals surface area contributed by atoms with E-state index in [1.165, 1.54) is 0 Å². The number of ketones is 1. The molecule has 150 valence electrons. The van der Waals surface area contributed by atoms with Crippen LogP contribution in [0, 0.1) is 0 Å². The van der Waals surface area contributed by atoms with Crippen LogP contribution in [0.2, 0.25) is 0 Å². The van der Waals surface area contributed by atoms with Gasteiger partial charge in [0, 0.05) is 33.9 Å². The SMILES string of the molecule is O=C(Cn1cc(C(=O)c2ccccc2)c2ccccc21)Nc1ccc2ccccc2c1. The Morgan fingerprint density at radius 2 is 1.45 bits per heavy atom. The number of benzene rings is 4. The molecule has 0 aliphatic carbocycles. The van der Waals surface area contributed by atoms with Crippen molar-refractivity contribution >= 4 is 39.1 Å². The number of anilines is 1. The summed E-state index contributed by atoms with van der Waals surface area (Å²) in [6.07, 6.45) is 1.78. The first-order chi connectivity index (χ1) is 15.2. The first-order valence-corrected chi connectivity index (χ1v) is 10.2. The number of nitrogens with one attached hydrogen (secondary N) is 1. The summed E-state index contributed by atoms with van der Waals surface area (Å²) in [6.45, 7) is 0.120. The molecule has 0 aliphatic rings. The van der Waals surface area contributed by atoms with Crippen LogP contribution in [0.3, 0.4) is 0 Å². The van der Waals surface area contributed by atoms with Crippen molar-refractivity contribution in [3.8, 4) is 0 Å². The summed E-state index contributed by atoms with van der Waals surface area (Å²) >= 11 is 0. The summed E-state index contributed by atoms with van der Waals surface area (Å²) < 4.78 is 1.84. The third-order valence-corrected chi connectivity index (χ3v) is 5.42. The Balaban J connectivity index is 1.43. The van der Waals surface area contributed by atoms with Crippen LogP contribution in [0.4, 0.5) is 5.69 Å². The second-order valence-electron chi connectivity index (χ2n) is 7.49. The van der Waals surface area contributed by atoms with Crippen molar-refractivity contribution in [2.45, 2.75) is 6.54 Å². The molecule has 0 atom stereocenters. The molecule has 0 fully saturated rings. The summed E-state index contributed by atoms with van der Waals surface area (Å²) in [7, 11) is 0. The van der Waals surface area contributed by atoms with E-state index in [0.717, 1.165) is 27.4 Å². The maximum absolute atomic E-state index is 13.1. The third-order valence-electron chi connectivity index (χ3n) is 5.42. The van der Waals surface area contributed by atoms with Crippen molar-refractivity contribution in [3.63, 3.8) is 0 Å². The Labute approximate surface area is 179 Å². The molecule has 31 heavy (non-hydrogen) atoms. The lowest BCUT2D eigenvalue weighted by Crippen LogP contribution is -2.18. The lowest BCUT2D eigenvalue weighted by Gasteiger charge is -2.08. The lowest BCUT2D eigenvalue weighted by molar-refractivity contribution is -0.116. The molecule has 5 rings (SSSR count). The maximum atomic E-state index is 13.1. The van der Waals surface area contributed by atoms with Gasteiger partial charge < -0.3 is 9.88 Å². The van der Waals surface area contributed by atoms with Gasteiger partial charge in [0.15, 0.2) is 5.78 Å². The summed E-state index contributed by atoms with van der Waals surface area (Å²) in [6, 6.07) is 30.8. The lowest BCUT2D eigenvalue weighted by atomic mass is 10.0. The normalized spacial score (nSPS) is 11.0. The molecule has 4 aromatic carbocycles. The van der Waals surface area contributed by atoms with Crippen LogP contribution < -0.4 is 5.32 Å². The number of hydrogen-bond acceptors (Lipinski definition) is 2. The van der Waals surface area contributed by atoms with Gasteiger partial charge in [-0.3, -0.25) is 9.59 Å². The Morgan fingerprint density at radius 3 is 2.29 bits per heavy atom. The molecule has 0 unspecified atom stereocenters. The fraction of sp³-hybridized carbons (Fsp3) is 0.0370. The molecule has 1 aromatic heterocycles. The molecule has 5 aromatic rings. The van der Waals surface area contributed by atoms with Crippen LogP contribution in [-0.2, 0) is 11.3 Å². The van der Waals surface area contributed by atoms with E-state index >= 15 is 0 Å². The Hall–Kier alpha value is -4.18. The van der Waals surface area contributed by atoms with Gasteiger partial charge in [-0.25, -0.2) is 0 Å². The minimum atomic E-state index is -0.144. The molecule has 0 bridgehead atoms. The molecular weight excluding hydrogens is 384 g/mol. The predicted octanol–water partition coefficient (Wildman–Crippen LogP) is 5.66. The summed E-state index contributed by atoms with van der Waals surface area (Å²) in [5, 5.41) is 6.01. The van der Waals surface area contributed by atoms with Crippen LogP contribution in [0.15, 0.2) is 103 Å². The van der Waals surface area contributed by atoms with Crippen molar-refractivity contribution in [2.75, 3.05) is 5.32 Å². The number of carbonyl (C=O) groups excluding carboxylic acids is 2. The zero-order chi connectivity index (χ0) is 21.2. The molecule has 1 heterocycles. The van der Waals surface area contributed by atoms with Crippen LogP contribution in [0.5, 0.6) is 0 Å². The van der Waals surface area contributed by atoms with Gasteiger partial charge in [-0.2, -0.15) is 0 Å². The molecule has 0 radical (unpaired) electrons. The van der Waals surface area contributed by atoms with E-state index in [1.807, 2.05) is 89.5 Å². The minimum absolute atomic E-state index is 0.0505. The Bertz CT molecular complexity index is 1420. The van der Waals surface area contributed by atoms with Gasteiger partial charge in [0.05, 0.1) is 0 Å². The second kappa shape index (κ2) is 7.92. The molecule has 4 nitrogen and oxygen atoms in total. The largest absolute Gasteiger partial charge is 0.337 e. The number of nitrogens with zero attached hydrogens (tertiary/aromatic N) is 1. The fourth-order valence-corrected chi connectivity index (χ4v) is 3.93. The van der Waals surface area contributed by atoms with E-state index < -0.39 is 0 Å². The molecule has 1 N–H and O–H groups in total. The molecule has 0 spiro atoms. The summed E-state index contributed by atoms with van der Waals surface area (Å²) in [5.41, 5.74) is 2.84. The number of carbonyl (C=O) groups is 2. The second-order valence-corrected chi connectivity index (χ2v) is 7.49. The van der Waals surface area contributed by atoms with Crippen LogP contribution in [-0.4, -0.2) is 16.3 Å². The van der Waals surface area contributed by atoms with Gasteiger partial charge in [0.1, 0.15) is 6.54 Å². The number of fused-ring (bicyclic) bond motifs is 2. The van der Waals surface area contributed by atoms with E-state index in [0.29, 0.717) is 11.1 Å². The van der Waals surface area contributed by atoms with Gasteiger partial charge in [0.25, 0.3) is 0 Å². The first kappa shape index (κ1) is 18.8. The van der Waals surface area contributed by atoms with Crippen LogP contribution in [0.25, 0.3) is 21.7 Å². The maximum Gasteiger partial charge on any atom is 0.244 e. The van der Waals surface area contributed by atoms with E-state index in [2.05, 4.69) is 5.32 Å². The average molecular weight is 404 g/mol. The molecular formula is C27H20N2O2. The molecule has 4 heteroatoms. The number of rotatable bonds is 5. The van der Waals surface area contributed by atoms with Crippen molar-refractivity contribution in [3.05, 3.63) is 114 Å². The first-order valence-electron chi connectivity index (χ1n) is 10.2. The zero-order valence-electron chi connectivity index (χ0n) is 16.8. The van der Waals surface area contributed by atoms with Gasteiger partial charge in [-0.15, -0.1) is 0 Å². The highest BCUT2D eigenvalue weighted by Crippen LogP contribution is 2.24. The number of amides is 1. The van der Waals surface area contributed by atoms with E-state index in [1.54, 1.807) is 18.3 Å². The standard InChI is InChI=1S/C27H20N2O2/c30-26(28-22-15-14-19-8-4-5-11-21(19)16-22)18-29-17-24(23-12-6-7-13-25(23)29)27(31)20-9-2-1-3-10-20/h1-17H,18H2,(H,28,30). The highest BCUT2D eigenvalue weighted by Gasteiger charge is 2.17.